The van der Waals surface area contributed by atoms with Gasteiger partial charge in [0.1, 0.15) is 0 Å². The number of anilines is 2. The molecular formula is C7H7N3O. The van der Waals surface area contributed by atoms with E-state index in [-0.39, 0.29) is 0 Å². The normalized spacial score (nSPS) is 8.73. The Morgan fingerprint density at radius 3 is 2.73 bits per heavy atom. The molecule has 4 N–H and O–H groups in total. The quantitative estimate of drug-likeness (QED) is 0.410. The van der Waals surface area contributed by atoms with Gasteiger partial charge in [0.05, 0.1) is 23.0 Å². The van der Waals surface area contributed by atoms with Crippen LogP contribution in [-0.4, -0.2) is 5.21 Å². The lowest BCUT2D eigenvalue weighted by Crippen LogP contribution is -1.96. The van der Waals surface area contributed by atoms with Crippen molar-refractivity contribution in [3.05, 3.63) is 23.8 Å². The van der Waals surface area contributed by atoms with E-state index in [1.807, 2.05) is 11.5 Å². The third-order valence-corrected chi connectivity index (χ3v) is 1.30. The van der Waals surface area contributed by atoms with Gasteiger partial charge >= 0.3 is 0 Å². The van der Waals surface area contributed by atoms with Crippen LogP contribution >= 0.6 is 0 Å². The summed E-state index contributed by atoms with van der Waals surface area (Å²) in [6.45, 7) is 0. The molecule has 0 spiro atoms. The zero-order valence-electron chi connectivity index (χ0n) is 5.70. The molecule has 0 bridgehead atoms. The van der Waals surface area contributed by atoms with Crippen LogP contribution in [0.1, 0.15) is 5.56 Å². The molecule has 0 aliphatic heterocycles. The van der Waals surface area contributed by atoms with Gasteiger partial charge in [0.15, 0.2) is 0 Å². The number of nitriles is 1. The molecule has 0 amide bonds. The smallest absolute Gasteiger partial charge is 0.0992 e. The lowest BCUT2D eigenvalue weighted by molar-refractivity contribution is 0.389. The maximum atomic E-state index is 8.47. The minimum atomic E-state index is 0.353. The Balaban J connectivity index is 3.12. The maximum Gasteiger partial charge on any atom is 0.0992 e. The highest BCUT2D eigenvalue weighted by molar-refractivity contribution is 5.66. The minimum absolute atomic E-state index is 0.353. The highest BCUT2D eigenvalue weighted by Gasteiger charge is 1.97. The number of nitrogen functional groups attached to an aromatic ring is 1. The molecule has 1 aromatic carbocycles. The molecule has 11 heavy (non-hydrogen) atoms. The van der Waals surface area contributed by atoms with E-state index in [0.29, 0.717) is 16.9 Å². The summed E-state index contributed by atoms with van der Waals surface area (Å²) in [6.07, 6.45) is 0. The van der Waals surface area contributed by atoms with Crippen LogP contribution in [0, 0.1) is 11.3 Å². The van der Waals surface area contributed by atoms with Crippen molar-refractivity contribution in [3.63, 3.8) is 0 Å². The number of nitrogens with zero attached hydrogens (tertiary/aromatic N) is 1. The third kappa shape index (κ3) is 1.39. The highest BCUT2D eigenvalue weighted by atomic mass is 16.5. The Morgan fingerprint density at radius 1 is 1.55 bits per heavy atom. The summed E-state index contributed by atoms with van der Waals surface area (Å²) >= 11 is 0. The monoisotopic (exact) mass is 149 g/mol. The molecule has 0 saturated carbocycles. The molecule has 0 unspecified atom stereocenters. The molecule has 0 aromatic heterocycles. The SMILES string of the molecule is N#Cc1ccc(NO)c(N)c1. The Bertz CT molecular complexity index is 303. The molecule has 4 heteroatoms. The summed E-state index contributed by atoms with van der Waals surface area (Å²) in [5, 5.41) is 16.9. The second-order valence-corrected chi connectivity index (χ2v) is 2.03. The van der Waals surface area contributed by atoms with Crippen LogP contribution in [0.3, 0.4) is 0 Å². The van der Waals surface area contributed by atoms with E-state index in [1.165, 1.54) is 12.1 Å². The van der Waals surface area contributed by atoms with Crippen LogP contribution in [0.15, 0.2) is 18.2 Å². The van der Waals surface area contributed by atoms with Crippen LogP contribution in [-0.2, 0) is 0 Å². The fourth-order valence-corrected chi connectivity index (χ4v) is 0.734. The Labute approximate surface area is 63.8 Å². The molecule has 0 aliphatic carbocycles. The summed E-state index contributed by atoms with van der Waals surface area (Å²) < 4.78 is 0. The van der Waals surface area contributed by atoms with Gasteiger partial charge < -0.3 is 5.73 Å². The lowest BCUT2D eigenvalue weighted by Gasteiger charge is -2.01. The Kier molecular flexibility index (Phi) is 1.95. The largest absolute Gasteiger partial charge is 0.397 e. The van der Waals surface area contributed by atoms with Crippen molar-refractivity contribution >= 4 is 11.4 Å². The molecule has 0 radical (unpaired) electrons. The number of nitrogens with two attached hydrogens (primary N) is 1. The predicted octanol–water partition coefficient (Wildman–Crippen LogP) is 0.942. The first-order valence-electron chi connectivity index (χ1n) is 2.97. The molecule has 0 atom stereocenters. The standard InChI is InChI=1S/C7H7N3O/c8-4-5-1-2-7(10-11)6(9)3-5/h1-3,10-11H,9H2. The summed E-state index contributed by atoms with van der Waals surface area (Å²) in [5.74, 6) is 0. The van der Waals surface area contributed by atoms with Crippen molar-refractivity contribution in [2.45, 2.75) is 0 Å². The summed E-state index contributed by atoms with van der Waals surface area (Å²) in [4.78, 5) is 0. The second kappa shape index (κ2) is 2.90. The van der Waals surface area contributed by atoms with Crippen molar-refractivity contribution < 1.29 is 5.21 Å². The van der Waals surface area contributed by atoms with Gasteiger partial charge in [-0.1, -0.05) is 0 Å². The van der Waals surface area contributed by atoms with E-state index < -0.39 is 0 Å². The van der Waals surface area contributed by atoms with Gasteiger partial charge in [0.25, 0.3) is 0 Å². The molecule has 0 fully saturated rings. The zero-order chi connectivity index (χ0) is 8.27. The maximum absolute atomic E-state index is 8.47. The van der Waals surface area contributed by atoms with Crippen molar-refractivity contribution in [2.24, 2.45) is 0 Å². The van der Waals surface area contributed by atoms with Crippen molar-refractivity contribution in [2.75, 3.05) is 11.2 Å². The topological polar surface area (TPSA) is 82.1 Å². The molecular weight excluding hydrogens is 142 g/mol. The van der Waals surface area contributed by atoms with E-state index in [9.17, 15) is 0 Å². The van der Waals surface area contributed by atoms with Gasteiger partial charge in [-0.05, 0) is 18.2 Å². The summed E-state index contributed by atoms with van der Waals surface area (Å²) in [5.41, 5.74) is 8.58. The number of rotatable bonds is 1. The number of hydrogen-bond donors (Lipinski definition) is 3. The molecule has 1 rings (SSSR count). The van der Waals surface area contributed by atoms with Crippen molar-refractivity contribution in [1.29, 1.82) is 5.26 Å². The van der Waals surface area contributed by atoms with E-state index in [2.05, 4.69) is 0 Å². The molecule has 0 saturated heterocycles. The third-order valence-electron chi connectivity index (χ3n) is 1.30. The van der Waals surface area contributed by atoms with Crippen LogP contribution in [0.25, 0.3) is 0 Å². The summed E-state index contributed by atoms with van der Waals surface area (Å²) in [7, 11) is 0. The minimum Gasteiger partial charge on any atom is -0.397 e. The highest BCUT2D eigenvalue weighted by Crippen LogP contribution is 2.17. The van der Waals surface area contributed by atoms with Crippen molar-refractivity contribution in [3.8, 4) is 6.07 Å². The molecule has 56 valence electrons. The lowest BCUT2D eigenvalue weighted by atomic mass is 10.2. The van der Waals surface area contributed by atoms with Crippen LogP contribution in [0.2, 0.25) is 0 Å². The van der Waals surface area contributed by atoms with Crippen LogP contribution in [0.5, 0.6) is 0 Å². The van der Waals surface area contributed by atoms with Gasteiger partial charge in [0.2, 0.25) is 0 Å². The first-order valence-corrected chi connectivity index (χ1v) is 2.97. The first kappa shape index (κ1) is 7.38. The molecule has 0 aliphatic rings. The van der Waals surface area contributed by atoms with Crippen LogP contribution < -0.4 is 11.2 Å². The molecule has 1 aromatic rings. The molecule has 0 heterocycles. The van der Waals surface area contributed by atoms with Gasteiger partial charge in [-0.25, -0.2) is 0 Å². The van der Waals surface area contributed by atoms with Gasteiger partial charge in [-0.15, -0.1) is 0 Å². The van der Waals surface area contributed by atoms with Gasteiger partial charge in [0, 0.05) is 0 Å². The van der Waals surface area contributed by atoms with Crippen molar-refractivity contribution in [1.82, 2.24) is 0 Å². The Morgan fingerprint density at radius 2 is 2.27 bits per heavy atom. The Hall–Kier alpha value is -1.73. The van der Waals surface area contributed by atoms with Gasteiger partial charge in [-0.3, -0.25) is 10.7 Å². The van der Waals surface area contributed by atoms with Gasteiger partial charge in [-0.2, -0.15) is 5.26 Å². The van der Waals surface area contributed by atoms with Crippen LogP contribution in [0.4, 0.5) is 11.4 Å². The predicted molar refractivity (Wildman–Crippen MR) is 41.0 cm³/mol. The van der Waals surface area contributed by atoms with E-state index in [0.717, 1.165) is 0 Å². The number of hydrogen-bond acceptors (Lipinski definition) is 4. The number of nitrogens with one attached hydrogen (secondary N) is 1. The fraction of sp³-hybridized carbons (Fsp3) is 0. The fourth-order valence-electron chi connectivity index (χ4n) is 0.734. The first-order chi connectivity index (χ1) is 5.27. The number of benzene rings is 1. The average Bonchev–Trinajstić information content (AvgIpc) is 2.04. The van der Waals surface area contributed by atoms with E-state index in [1.54, 1.807) is 6.07 Å². The molecule has 4 nitrogen and oxygen atoms in total. The average molecular weight is 149 g/mol. The van der Waals surface area contributed by atoms with E-state index in [4.69, 9.17) is 16.2 Å². The zero-order valence-corrected chi connectivity index (χ0v) is 5.70. The second-order valence-electron chi connectivity index (χ2n) is 2.03. The van der Waals surface area contributed by atoms with E-state index >= 15 is 0 Å². The summed E-state index contributed by atoms with van der Waals surface area (Å²) in [6, 6.07) is 6.51.